The Morgan fingerprint density at radius 2 is 2.13 bits per heavy atom. The zero-order chi connectivity index (χ0) is 16.7. The van der Waals surface area contributed by atoms with Gasteiger partial charge in [-0.25, -0.2) is 0 Å². The maximum atomic E-state index is 11.6. The first-order valence-electron chi connectivity index (χ1n) is 7.65. The summed E-state index contributed by atoms with van der Waals surface area (Å²) in [6, 6.07) is 7.32. The molecule has 0 spiro atoms. The van der Waals surface area contributed by atoms with Crippen molar-refractivity contribution in [3.8, 4) is 11.4 Å². The molecule has 0 radical (unpaired) electrons. The van der Waals surface area contributed by atoms with Gasteiger partial charge in [-0.15, -0.1) is 0 Å². The molecule has 6 nitrogen and oxygen atoms in total. The van der Waals surface area contributed by atoms with E-state index in [1.807, 2.05) is 19.1 Å². The summed E-state index contributed by atoms with van der Waals surface area (Å²) in [6.45, 7) is 2.53. The molecular formula is C16H21ClN4O2. The van der Waals surface area contributed by atoms with E-state index < -0.39 is 0 Å². The van der Waals surface area contributed by atoms with Crippen LogP contribution in [0.15, 0.2) is 28.8 Å². The van der Waals surface area contributed by atoms with Gasteiger partial charge < -0.3 is 15.6 Å². The molecule has 0 aliphatic heterocycles. The van der Waals surface area contributed by atoms with Crippen LogP contribution in [0, 0.1) is 0 Å². The number of hydrogen-bond acceptors (Lipinski definition) is 5. The summed E-state index contributed by atoms with van der Waals surface area (Å²) >= 11 is 5.85. The van der Waals surface area contributed by atoms with Gasteiger partial charge in [0.05, 0.1) is 0 Å². The molecule has 1 amide bonds. The van der Waals surface area contributed by atoms with Gasteiger partial charge in [-0.2, -0.15) is 4.98 Å². The predicted molar refractivity (Wildman–Crippen MR) is 89.0 cm³/mol. The molecule has 1 unspecified atom stereocenters. The van der Waals surface area contributed by atoms with E-state index in [2.05, 4.69) is 15.5 Å². The van der Waals surface area contributed by atoms with Crippen molar-refractivity contribution in [1.82, 2.24) is 15.5 Å². The summed E-state index contributed by atoms with van der Waals surface area (Å²) in [5.41, 5.74) is 6.47. The molecule has 3 N–H and O–H groups in total. The summed E-state index contributed by atoms with van der Waals surface area (Å²) in [6.07, 6.45) is 2.44. The lowest BCUT2D eigenvalue weighted by Gasteiger charge is -2.06. The quantitative estimate of drug-likeness (QED) is 0.772. The van der Waals surface area contributed by atoms with Crippen LogP contribution in [0.5, 0.6) is 0 Å². The van der Waals surface area contributed by atoms with Crippen molar-refractivity contribution in [3.05, 3.63) is 35.2 Å². The lowest BCUT2D eigenvalue weighted by molar-refractivity contribution is -0.121. The maximum absolute atomic E-state index is 11.6. The van der Waals surface area contributed by atoms with Gasteiger partial charge in [-0.3, -0.25) is 4.79 Å². The fourth-order valence-corrected chi connectivity index (χ4v) is 2.13. The molecular weight excluding hydrogens is 316 g/mol. The van der Waals surface area contributed by atoms with Gasteiger partial charge >= 0.3 is 0 Å². The summed E-state index contributed by atoms with van der Waals surface area (Å²) in [4.78, 5) is 16.0. The minimum atomic E-state index is 0.0168. The predicted octanol–water partition coefficient (Wildman–Crippen LogP) is 2.57. The molecule has 0 saturated carbocycles. The third-order valence-corrected chi connectivity index (χ3v) is 3.54. The Kier molecular flexibility index (Phi) is 6.55. The average molecular weight is 337 g/mol. The molecule has 1 atom stereocenters. The van der Waals surface area contributed by atoms with E-state index in [1.54, 1.807) is 12.1 Å². The van der Waals surface area contributed by atoms with E-state index in [0.717, 1.165) is 12.0 Å². The van der Waals surface area contributed by atoms with Crippen molar-refractivity contribution < 1.29 is 9.32 Å². The van der Waals surface area contributed by atoms with Gasteiger partial charge in [0, 0.05) is 36.0 Å². The van der Waals surface area contributed by atoms with Gasteiger partial charge in [0.2, 0.25) is 17.6 Å². The van der Waals surface area contributed by atoms with Crippen LogP contribution in [0.3, 0.4) is 0 Å². The molecule has 1 aromatic heterocycles. The van der Waals surface area contributed by atoms with Crippen molar-refractivity contribution in [2.75, 3.05) is 6.54 Å². The Labute approximate surface area is 140 Å². The Bertz CT molecular complexity index is 625. The van der Waals surface area contributed by atoms with Crippen LogP contribution in [0.25, 0.3) is 11.4 Å². The van der Waals surface area contributed by atoms with Crippen molar-refractivity contribution in [1.29, 1.82) is 0 Å². The number of rotatable bonds is 8. The van der Waals surface area contributed by atoms with Crippen LogP contribution in [0.2, 0.25) is 5.02 Å². The Hall–Kier alpha value is -1.92. The molecule has 0 bridgehead atoms. The average Bonchev–Trinajstić information content (AvgIpc) is 2.96. The highest BCUT2D eigenvalue weighted by molar-refractivity contribution is 6.30. The molecule has 7 heteroatoms. The monoisotopic (exact) mass is 336 g/mol. The molecule has 23 heavy (non-hydrogen) atoms. The summed E-state index contributed by atoms with van der Waals surface area (Å²) in [5.74, 6) is 1.07. The van der Waals surface area contributed by atoms with Crippen LogP contribution >= 0.6 is 11.6 Å². The second-order valence-electron chi connectivity index (χ2n) is 5.49. The summed E-state index contributed by atoms with van der Waals surface area (Å²) in [5, 5.41) is 7.44. The van der Waals surface area contributed by atoms with E-state index in [-0.39, 0.29) is 11.9 Å². The number of hydrogen-bond donors (Lipinski definition) is 2. The van der Waals surface area contributed by atoms with Crippen molar-refractivity contribution in [2.24, 2.45) is 5.73 Å². The molecule has 0 fully saturated rings. The largest absolute Gasteiger partial charge is 0.356 e. The molecule has 0 aliphatic carbocycles. The first-order chi connectivity index (χ1) is 11.0. The van der Waals surface area contributed by atoms with Crippen molar-refractivity contribution >= 4 is 17.5 Å². The van der Waals surface area contributed by atoms with Gasteiger partial charge in [-0.05, 0) is 44.0 Å². The van der Waals surface area contributed by atoms with E-state index >= 15 is 0 Å². The number of aryl methyl sites for hydroxylation is 1. The smallest absolute Gasteiger partial charge is 0.226 e. The van der Waals surface area contributed by atoms with Crippen LogP contribution in [-0.2, 0) is 11.2 Å². The lowest BCUT2D eigenvalue weighted by atomic mass is 10.2. The number of carbonyl (C=O) groups excluding carboxylic acids is 1. The summed E-state index contributed by atoms with van der Waals surface area (Å²) < 4.78 is 5.20. The lowest BCUT2D eigenvalue weighted by Crippen LogP contribution is -2.28. The second-order valence-corrected chi connectivity index (χ2v) is 5.92. The van der Waals surface area contributed by atoms with Crippen molar-refractivity contribution in [2.45, 2.75) is 38.6 Å². The normalized spacial score (nSPS) is 12.1. The van der Waals surface area contributed by atoms with E-state index in [0.29, 0.717) is 42.5 Å². The first kappa shape index (κ1) is 17.4. The third kappa shape index (κ3) is 6.00. The minimum Gasteiger partial charge on any atom is -0.356 e. The molecule has 2 rings (SSSR count). The van der Waals surface area contributed by atoms with Crippen LogP contribution in [-0.4, -0.2) is 28.6 Å². The summed E-state index contributed by atoms with van der Waals surface area (Å²) in [7, 11) is 0. The Balaban J connectivity index is 1.74. The second kappa shape index (κ2) is 8.64. The highest BCUT2D eigenvalue weighted by Gasteiger charge is 2.09. The molecule has 124 valence electrons. The van der Waals surface area contributed by atoms with Gasteiger partial charge in [-0.1, -0.05) is 16.8 Å². The number of benzene rings is 1. The number of nitrogens with zero attached hydrogens (tertiary/aromatic N) is 2. The molecule has 0 saturated heterocycles. The fourth-order valence-electron chi connectivity index (χ4n) is 2.00. The van der Waals surface area contributed by atoms with Crippen LogP contribution in [0.4, 0.5) is 0 Å². The number of carbonyl (C=O) groups is 1. The SMILES string of the molecule is CC(N)CCNC(=O)CCCc1nc(-c2ccc(Cl)cc2)no1. The van der Waals surface area contributed by atoms with Gasteiger partial charge in [0.15, 0.2) is 0 Å². The zero-order valence-electron chi connectivity index (χ0n) is 13.1. The highest BCUT2D eigenvalue weighted by Crippen LogP contribution is 2.19. The zero-order valence-corrected chi connectivity index (χ0v) is 13.8. The Morgan fingerprint density at radius 1 is 1.39 bits per heavy atom. The standard InChI is InChI=1S/C16H21ClN4O2/c1-11(18)9-10-19-14(22)3-2-4-15-20-16(21-23-15)12-5-7-13(17)8-6-12/h5-8,11H,2-4,9-10,18H2,1H3,(H,19,22). The third-order valence-electron chi connectivity index (χ3n) is 3.29. The van der Waals surface area contributed by atoms with Crippen LogP contribution < -0.4 is 11.1 Å². The van der Waals surface area contributed by atoms with Crippen LogP contribution in [0.1, 0.15) is 32.1 Å². The highest BCUT2D eigenvalue weighted by atomic mass is 35.5. The minimum absolute atomic E-state index is 0.0168. The van der Waals surface area contributed by atoms with Crippen molar-refractivity contribution in [3.63, 3.8) is 0 Å². The number of nitrogens with one attached hydrogen (secondary N) is 1. The Morgan fingerprint density at radius 3 is 2.83 bits per heavy atom. The maximum Gasteiger partial charge on any atom is 0.226 e. The number of halogens is 1. The molecule has 1 heterocycles. The fraction of sp³-hybridized carbons (Fsp3) is 0.438. The number of nitrogens with two attached hydrogens (primary N) is 1. The van der Waals surface area contributed by atoms with E-state index in [1.165, 1.54) is 0 Å². The molecule has 1 aromatic carbocycles. The first-order valence-corrected chi connectivity index (χ1v) is 8.03. The number of amides is 1. The molecule has 2 aromatic rings. The number of aromatic nitrogens is 2. The van der Waals surface area contributed by atoms with E-state index in [9.17, 15) is 4.79 Å². The topological polar surface area (TPSA) is 94.0 Å². The van der Waals surface area contributed by atoms with E-state index in [4.69, 9.17) is 21.9 Å². The van der Waals surface area contributed by atoms with Gasteiger partial charge in [0.25, 0.3) is 0 Å². The molecule has 0 aliphatic rings. The van der Waals surface area contributed by atoms with Gasteiger partial charge in [0.1, 0.15) is 0 Å².